The molecule has 0 N–H and O–H groups in total. The third kappa shape index (κ3) is 8.53. The number of hydrogen-bond donors (Lipinski definition) is 0. The molecular weight excluding hydrogens is 749 g/mol. The van der Waals surface area contributed by atoms with Crippen LogP contribution in [-0.2, 0) is 37.4 Å². The minimum absolute atomic E-state index is 0.0500. The molecule has 0 aromatic heterocycles. The molecule has 52 heavy (non-hydrogen) atoms. The van der Waals surface area contributed by atoms with Crippen molar-refractivity contribution in [1.82, 2.24) is 4.90 Å². The molecule has 6 nitrogen and oxygen atoms in total. The smallest absolute Gasteiger partial charge is 0.414 e. The van der Waals surface area contributed by atoms with E-state index >= 15 is 0 Å². The first-order valence-electron chi connectivity index (χ1n) is 17.5. The van der Waals surface area contributed by atoms with Crippen molar-refractivity contribution in [3.63, 3.8) is 0 Å². The van der Waals surface area contributed by atoms with Gasteiger partial charge in [-0.15, -0.1) is 0 Å². The Morgan fingerprint density at radius 2 is 1.17 bits per heavy atom. The van der Waals surface area contributed by atoms with Crippen LogP contribution in [0.25, 0.3) is 0 Å². The van der Waals surface area contributed by atoms with Gasteiger partial charge in [-0.1, -0.05) is 80.6 Å². The van der Waals surface area contributed by atoms with Crippen LogP contribution in [0.1, 0.15) is 69.8 Å². The van der Waals surface area contributed by atoms with Gasteiger partial charge in [0.25, 0.3) is 0 Å². The summed E-state index contributed by atoms with van der Waals surface area (Å²) in [4.78, 5) is 6.78. The molecular formula is C37H43F6NO5S3. The summed E-state index contributed by atoms with van der Waals surface area (Å²) in [5.74, 6) is -7.14. The number of rotatable bonds is 10. The lowest BCUT2D eigenvalue weighted by Crippen LogP contribution is -2.62. The molecule has 3 atom stereocenters. The molecule has 3 unspecified atom stereocenters. The van der Waals surface area contributed by atoms with Crippen molar-refractivity contribution in [3.05, 3.63) is 90.5 Å². The number of benzene rings is 3. The van der Waals surface area contributed by atoms with E-state index in [1.165, 1.54) is 52.6 Å². The molecule has 286 valence electrons. The number of nitrogens with zero attached hydrogens (tertiary/aromatic N) is 1. The van der Waals surface area contributed by atoms with Crippen molar-refractivity contribution >= 4 is 30.9 Å². The van der Waals surface area contributed by atoms with Crippen LogP contribution < -0.4 is 0 Å². The molecule has 2 aliphatic carbocycles. The van der Waals surface area contributed by atoms with E-state index in [2.05, 4.69) is 89.8 Å². The first-order chi connectivity index (χ1) is 24.5. The summed E-state index contributed by atoms with van der Waals surface area (Å²) in [5.41, 5.74) is 1.44. The van der Waals surface area contributed by atoms with Crippen molar-refractivity contribution in [2.45, 2.75) is 107 Å². The zero-order valence-corrected chi connectivity index (χ0v) is 30.9. The first kappa shape index (κ1) is 40.6. The van der Waals surface area contributed by atoms with Gasteiger partial charge in [-0.2, -0.15) is 26.3 Å². The van der Waals surface area contributed by atoms with E-state index in [1.54, 1.807) is 0 Å². The van der Waals surface area contributed by atoms with E-state index in [0.717, 1.165) is 19.4 Å². The van der Waals surface area contributed by atoms with E-state index in [4.69, 9.17) is 0 Å². The van der Waals surface area contributed by atoms with Crippen LogP contribution in [0.3, 0.4) is 0 Å². The Hall–Kier alpha value is -2.59. The summed E-state index contributed by atoms with van der Waals surface area (Å²) in [6.45, 7) is 3.56. The molecule has 3 aromatic rings. The number of fused-ring (bicyclic) bond motifs is 1. The summed E-state index contributed by atoms with van der Waals surface area (Å²) in [7, 11) is -13.5. The topological polar surface area (TPSA) is 94.6 Å². The van der Waals surface area contributed by atoms with Crippen LogP contribution in [0.15, 0.2) is 99.6 Å². The molecule has 15 heteroatoms. The Kier molecular flexibility index (Phi) is 12.8. The van der Waals surface area contributed by atoms with Gasteiger partial charge >= 0.3 is 16.4 Å². The van der Waals surface area contributed by atoms with Crippen molar-refractivity contribution in [2.75, 3.05) is 13.1 Å². The molecule has 0 spiro atoms. The molecule has 3 aliphatic rings. The quantitative estimate of drug-likeness (QED) is 0.116. The predicted octanol–water partition coefficient (Wildman–Crippen LogP) is 8.89. The van der Waals surface area contributed by atoms with Crippen LogP contribution in [0.4, 0.5) is 26.3 Å². The monoisotopic (exact) mass is 791 g/mol. The minimum atomic E-state index is -7.23. The highest BCUT2D eigenvalue weighted by Crippen LogP contribution is 2.53. The fourth-order valence-electron chi connectivity index (χ4n) is 7.49. The first-order valence-corrected chi connectivity index (χ1v) is 21.6. The van der Waals surface area contributed by atoms with Crippen molar-refractivity contribution in [1.29, 1.82) is 0 Å². The van der Waals surface area contributed by atoms with Crippen molar-refractivity contribution in [2.24, 2.45) is 11.8 Å². The fraction of sp³-hybridized carbons (Fsp3) is 0.514. The van der Waals surface area contributed by atoms with Crippen LogP contribution in [0, 0.1) is 11.8 Å². The Bertz CT molecular complexity index is 1800. The Morgan fingerprint density at radius 3 is 1.73 bits per heavy atom. The SMILES string of the molecule is O=S(=O)([O-])C(F)(F)C(F)(F)C(F)(F)S(=O)(=O)C1CCC2CCCCC2C1.c1ccc([S+](c2ccccc2)c2cccc(CN3CCCCC3)c2)cc1. The fourth-order valence-corrected chi connectivity index (χ4v) is 12.0. The van der Waals surface area contributed by atoms with Gasteiger partial charge in [0.2, 0.25) is 9.84 Å². The molecule has 1 heterocycles. The number of hydrogen-bond acceptors (Lipinski definition) is 6. The van der Waals surface area contributed by atoms with Crippen LogP contribution in [-0.4, -0.2) is 61.1 Å². The van der Waals surface area contributed by atoms with E-state index < -0.39 is 48.1 Å². The Labute approximate surface area is 305 Å². The van der Waals surface area contributed by atoms with Gasteiger partial charge in [0, 0.05) is 6.54 Å². The Morgan fingerprint density at radius 1 is 0.635 bits per heavy atom. The molecule has 3 fully saturated rings. The van der Waals surface area contributed by atoms with Gasteiger partial charge in [-0.05, 0) is 99.0 Å². The largest absolute Gasteiger partial charge is 0.743 e. The second-order valence-corrected chi connectivity index (χ2v) is 19.5. The van der Waals surface area contributed by atoms with Gasteiger partial charge in [0.05, 0.1) is 16.1 Å². The standard InChI is InChI=1S/C24H26NS.C13H18F6O5S2/c1-4-12-22(13-5-1)26(23-14-6-2-7-15-23)24-16-10-11-21(19-24)20-25-17-8-3-9-18-25;14-11(15,13(18,19)26(22,23)24)12(16,17)25(20,21)10-6-5-8-3-1-2-4-9(8)7-10/h1-2,4-7,10-16,19H,3,8-9,17-18,20H2;8-10H,1-7H2,(H,22,23,24)/q+1;/p-1. The van der Waals surface area contributed by atoms with E-state index in [1.807, 2.05) is 0 Å². The maximum Gasteiger partial charge on any atom is 0.414 e. The molecule has 0 amide bonds. The number of sulfone groups is 1. The lowest BCUT2D eigenvalue weighted by Gasteiger charge is -2.41. The van der Waals surface area contributed by atoms with Crippen LogP contribution in [0.5, 0.6) is 0 Å². The number of likely N-dealkylation sites (tertiary alicyclic amines) is 1. The maximum absolute atomic E-state index is 14.0. The second kappa shape index (κ2) is 16.4. The Balaban J connectivity index is 0.000000201. The summed E-state index contributed by atoms with van der Waals surface area (Å²) in [5, 5.41) is -15.2. The second-order valence-electron chi connectivity index (χ2n) is 13.8. The zero-order valence-electron chi connectivity index (χ0n) is 28.5. The molecule has 1 saturated heterocycles. The van der Waals surface area contributed by atoms with E-state index in [0.29, 0.717) is 12.8 Å². The molecule has 6 rings (SSSR count). The summed E-state index contributed by atoms with van der Waals surface area (Å²) >= 11 is 0. The van der Waals surface area contributed by atoms with Gasteiger partial charge in [0.15, 0.2) is 24.8 Å². The van der Waals surface area contributed by atoms with Crippen molar-refractivity contribution < 1.29 is 47.7 Å². The van der Waals surface area contributed by atoms with Crippen LogP contribution >= 0.6 is 0 Å². The molecule has 3 aromatic carbocycles. The molecule has 0 bridgehead atoms. The molecule has 1 aliphatic heterocycles. The average Bonchev–Trinajstić information content (AvgIpc) is 3.12. The summed E-state index contributed by atoms with van der Waals surface area (Å²) < 4.78 is 137. The minimum Gasteiger partial charge on any atom is -0.743 e. The zero-order chi connectivity index (χ0) is 37.8. The third-order valence-electron chi connectivity index (χ3n) is 10.3. The summed E-state index contributed by atoms with van der Waals surface area (Å²) in [6.07, 6.45) is 6.32. The number of halogens is 6. The van der Waals surface area contributed by atoms with Crippen molar-refractivity contribution in [3.8, 4) is 0 Å². The van der Waals surface area contributed by atoms with Gasteiger partial charge in [-0.3, -0.25) is 4.90 Å². The highest BCUT2D eigenvalue weighted by atomic mass is 32.2. The van der Waals surface area contributed by atoms with Gasteiger partial charge in [-0.25, -0.2) is 16.8 Å². The molecule has 2 saturated carbocycles. The highest BCUT2D eigenvalue weighted by molar-refractivity contribution is 7.97. The lowest BCUT2D eigenvalue weighted by molar-refractivity contribution is -0.246. The lowest BCUT2D eigenvalue weighted by atomic mass is 9.71. The van der Waals surface area contributed by atoms with E-state index in [9.17, 15) is 47.7 Å². The van der Waals surface area contributed by atoms with Gasteiger partial charge < -0.3 is 4.55 Å². The highest BCUT2D eigenvalue weighted by Gasteiger charge is 2.80. The maximum atomic E-state index is 14.0. The average molecular weight is 792 g/mol. The number of alkyl halides is 6. The van der Waals surface area contributed by atoms with E-state index in [-0.39, 0.29) is 35.6 Å². The van der Waals surface area contributed by atoms with Gasteiger partial charge in [0.1, 0.15) is 0 Å². The normalized spacial score (nSPS) is 22.3. The predicted molar refractivity (Wildman–Crippen MR) is 187 cm³/mol. The van der Waals surface area contributed by atoms with Crippen LogP contribution in [0.2, 0.25) is 0 Å². The third-order valence-corrected chi connectivity index (χ3v) is 15.7. The molecule has 0 radical (unpaired) electrons. The number of piperidine rings is 1. The summed E-state index contributed by atoms with van der Waals surface area (Å²) in [6, 6.07) is 31.1.